The lowest BCUT2D eigenvalue weighted by Gasteiger charge is -2.21. The van der Waals surface area contributed by atoms with Crippen LogP contribution >= 0.6 is 21.6 Å². The Morgan fingerprint density at radius 3 is 2.38 bits per heavy atom. The first kappa shape index (κ1) is 15.4. The largest absolute Gasteiger partial charge is 0.480 e. The maximum atomic E-state index is 11.3. The molecular weight excluding hydrogens is 250 g/mol. The van der Waals surface area contributed by atoms with Crippen LogP contribution in [0.2, 0.25) is 0 Å². The van der Waals surface area contributed by atoms with Crippen LogP contribution in [-0.2, 0) is 9.53 Å². The highest BCUT2D eigenvalue weighted by atomic mass is 33.1. The Balaban J connectivity index is 4.19. The van der Waals surface area contributed by atoms with E-state index < -0.39 is 23.7 Å². The number of carbonyl (C=O) groups excluding carboxylic acids is 1. The van der Waals surface area contributed by atoms with Gasteiger partial charge in [-0.1, -0.05) is 21.6 Å². The van der Waals surface area contributed by atoms with Gasteiger partial charge in [-0.05, 0) is 27.0 Å². The molecule has 0 aliphatic heterocycles. The lowest BCUT2D eigenvalue weighted by Crippen LogP contribution is -2.44. The van der Waals surface area contributed by atoms with Gasteiger partial charge in [-0.2, -0.15) is 0 Å². The summed E-state index contributed by atoms with van der Waals surface area (Å²) in [5, 5.41) is 11.2. The summed E-state index contributed by atoms with van der Waals surface area (Å²) in [6.07, 6.45) is 1.14. The molecule has 0 spiro atoms. The lowest BCUT2D eigenvalue weighted by atomic mass is 10.2. The Morgan fingerprint density at radius 1 is 1.44 bits per heavy atom. The number of rotatable bonds is 5. The van der Waals surface area contributed by atoms with Crippen LogP contribution in [0.25, 0.3) is 0 Å². The fraction of sp³-hybridized carbons (Fsp3) is 0.778. The average molecular weight is 267 g/mol. The smallest absolute Gasteiger partial charge is 0.408 e. The van der Waals surface area contributed by atoms with Crippen molar-refractivity contribution in [1.82, 2.24) is 5.32 Å². The van der Waals surface area contributed by atoms with E-state index in [1.165, 1.54) is 21.6 Å². The molecular formula is C9H17NO4S2. The number of nitrogens with one attached hydrogen (secondary N) is 1. The predicted molar refractivity (Wildman–Crippen MR) is 66.8 cm³/mol. The zero-order chi connectivity index (χ0) is 12.8. The van der Waals surface area contributed by atoms with E-state index in [4.69, 9.17) is 9.84 Å². The summed E-state index contributed by atoms with van der Waals surface area (Å²) in [5.74, 6) is -0.761. The molecule has 1 atom stereocenters. The molecule has 5 nitrogen and oxygen atoms in total. The van der Waals surface area contributed by atoms with E-state index >= 15 is 0 Å². The maximum absolute atomic E-state index is 11.3. The molecule has 2 N–H and O–H groups in total. The Labute approximate surface area is 103 Å². The molecule has 0 unspecified atom stereocenters. The summed E-state index contributed by atoms with van der Waals surface area (Å²) in [6, 6.07) is -0.924. The molecule has 0 radical (unpaired) electrons. The molecule has 94 valence electrons. The van der Waals surface area contributed by atoms with E-state index in [-0.39, 0.29) is 0 Å². The fourth-order valence-electron chi connectivity index (χ4n) is 0.761. The van der Waals surface area contributed by atoms with Gasteiger partial charge in [0, 0.05) is 5.75 Å². The summed E-state index contributed by atoms with van der Waals surface area (Å²) < 4.78 is 4.97. The Kier molecular flexibility index (Phi) is 6.66. The van der Waals surface area contributed by atoms with E-state index in [2.05, 4.69) is 5.32 Å². The number of hydrogen-bond donors (Lipinski definition) is 2. The van der Waals surface area contributed by atoms with Gasteiger partial charge < -0.3 is 15.2 Å². The third kappa shape index (κ3) is 7.70. The SMILES string of the molecule is CSSC[C@H](NC(=O)OC(C)(C)C)C(=O)O. The van der Waals surface area contributed by atoms with Crippen LogP contribution in [-0.4, -0.2) is 40.8 Å². The maximum Gasteiger partial charge on any atom is 0.408 e. The standard InChI is InChI=1S/C9H17NO4S2/c1-9(2,3)14-8(13)10-6(7(11)12)5-16-15-4/h6H,5H2,1-4H3,(H,10,13)(H,11,12)/t6-/m0/s1. The Morgan fingerprint density at radius 2 is 2.00 bits per heavy atom. The van der Waals surface area contributed by atoms with Crippen LogP contribution in [0.3, 0.4) is 0 Å². The monoisotopic (exact) mass is 267 g/mol. The third-order valence-electron chi connectivity index (χ3n) is 1.34. The highest BCUT2D eigenvalue weighted by molar-refractivity contribution is 8.76. The second kappa shape index (κ2) is 6.90. The van der Waals surface area contributed by atoms with Gasteiger partial charge >= 0.3 is 12.1 Å². The minimum atomic E-state index is -1.06. The van der Waals surface area contributed by atoms with Crippen molar-refractivity contribution in [3.8, 4) is 0 Å². The number of carboxylic acid groups (broad SMARTS) is 1. The van der Waals surface area contributed by atoms with Crippen LogP contribution in [0.4, 0.5) is 4.79 Å². The van der Waals surface area contributed by atoms with Crippen LogP contribution in [0.5, 0.6) is 0 Å². The van der Waals surface area contributed by atoms with Crippen molar-refractivity contribution in [1.29, 1.82) is 0 Å². The first-order valence-electron chi connectivity index (χ1n) is 4.64. The molecule has 0 rings (SSSR count). The van der Waals surface area contributed by atoms with Crippen molar-refractivity contribution in [2.45, 2.75) is 32.4 Å². The van der Waals surface area contributed by atoms with Gasteiger partial charge in [0.05, 0.1) is 0 Å². The topological polar surface area (TPSA) is 75.6 Å². The molecule has 0 aromatic heterocycles. The third-order valence-corrected chi connectivity index (χ3v) is 3.16. The number of ether oxygens (including phenoxy) is 1. The molecule has 0 aliphatic rings. The van der Waals surface area contributed by atoms with E-state index in [1.54, 1.807) is 20.8 Å². The normalized spacial score (nSPS) is 13.0. The zero-order valence-corrected chi connectivity index (χ0v) is 11.4. The highest BCUT2D eigenvalue weighted by Crippen LogP contribution is 2.18. The van der Waals surface area contributed by atoms with Crippen LogP contribution in [0.1, 0.15) is 20.8 Å². The number of hydrogen-bond acceptors (Lipinski definition) is 5. The molecule has 0 saturated heterocycles. The van der Waals surface area contributed by atoms with Gasteiger partial charge in [0.1, 0.15) is 11.6 Å². The average Bonchev–Trinajstić information content (AvgIpc) is 2.08. The molecule has 0 aromatic rings. The van der Waals surface area contributed by atoms with Crippen molar-refractivity contribution >= 4 is 33.7 Å². The van der Waals surface area contributed by atoms with Crippen molar-refractivity contribution in [3.05, 3.63) is 0 Å². The van der Waals surface area contributed by atoms with Crippen LogP contribution in [0, 0.1) is 0 Å². The summed E-state index contributed by atoms with van der Waals surface area (Å²) >= 11 is 0. The molecule has 0 saturated carbocycles. The van der Waals surface area contributed by atoms with Gasteiger partial charge in [0.15, 0.2) is 0 Å². The van der Waals surface area contributed by atoms with Crippen LogP contribution in [0.15, 0.2) is 0 Å². The Hall–Kier alpha value is -0.560. The number of carbonyl (C=O) groups is 2. The first-order chi connectivity index (χ1) is 7.26. The highest BCUT2D eigenvalue weighted by Gasteiger charge is 2.23. The van der Waals surface area contributed by atoms with E-state index in [0.29, 0.717) is 5.75 Å². The zero-order valence-electron chi connectivity index (χ0n) is 9.77. The number of amides is 1. The second-order valence-corrected chi connectivity index (χ2v) is 6.60. The summed E-state index contributed by atoms with van der Waals surface area (Å²) in [6.45, 7) is 5.16. The summed E-state index contributed by atoms with van der Waals surface area (Å²) in [5.41, 5.74) is -0.625. The second-order valence-electron chi connectivity index (χ2n) is 3.99. The van der Waals surface area contributed by atoms with E-state index in [1.807, 2.05) is 6.26 Å². The van der Waals surface area contributed by atoms with Gasteiger partial charge in [0.25, 0.3) is 0 Å². The van der Waals surface area contributed by atoms with Gasteiger partial charge in [0.2, 0.25) is 0 Å². The summed E-state index contributed by atoms with van der Waals surface area (Å²) in [4.78, 5) is 22.1. The van der Waals surface area contributed by atoms with E-state index in [0.717, 1.165) is 0 Å². The lowest BCUT2D eigenvalue weighted by molar-refractivity contribution is -0.138. The summed E-state index contributed by atoms with van der Waals surface area (Å²) in [7, 11) is 2.82. The first-order valence-corrected chi connectivity index (χ1v) is 7.37. The number of aliphatic carboxylic acids is 1. The predicted octanol–water partition coefficient (Wildman–Crippen LogP) is 1.98. The van der Waals surface area contributed by atoms with Gasteiger partial charge in [-0.3, -0.25) is 0 Å². The van der Waals surface area contributed by atoms with Crippen LogP contribution < -0.4 is 5.32 Å². The van der Waals surface area contributed by atoms with Crippen molar-refractivity contribution in [3.63, 3.8) is 0 Å². The molecule has 7 heteroatoms. The minimum absolute atomic E-state index is 0.301. The molecule has 16 heavy (non-hydrogen) atoms. The van der Waals surface area contributed by atoms with Gasteiger partial charge in [-0.15, -0.1) is 0 Å². The number of alkyl carbamates (subject to hydrolysis) is 1. The molecule has 0 aliphatic carbocycles. The molecule has 0 fully saturated rings. The van der Waals surface area contributed by atoms with Crippen molar-refractivity contribution in [2.75, 3.05) is 12.0 Å². The molecule has 0 bridgehead atoms. The van der Waals surface area contributed by atoms with Crippen molar-refractivity contribution < 1.29 is 19.4 Å². The van der Waals surface area contributed by atoms with Crippen molar-refractivity contribution in [2.24, 2.45) is 0 Å². The van der Waals surface area contributed by atoms with Gasteiger partial charge in [-0.25, -0.2) is 9.59 Å². The quantitative estimate of drug-likeness (QED) is 0.742. The Bertz CT molecular complexity index is 252. The van der Waals surface area contributed by atoms with E-state index in [9.17, 15) is 9.59 Å². The molecule has 0 heterocycles. The fourth-order valence-corrected chi connectivity index (χ4v) is 2.08. The molecule has 0 aromatic carbocycles. The number of carboxylic acids is 1. The minimum Gasteiger partial charge on any atom is -0.480 e. The molecule has 1 amide bonds.